The van der Waals surface area contributed by atoms with Gasteiger partial charge in [-0.1, -0.05) is 12.1 Å². The van der Waals surface area contributed by atoms with Gasteiger partial charge in [0.15, 0.2) is 0 Å². The van der Waals surface area contributed by atoms with Crippen LogP contribution in [0.3, 0.4) is 0 Å². The van der Waals surface area contributed by atoms with E-state index in [9.17, 15) is 18.0 Å². The van der Waals surface area contributed by atoms with Crippen LogP contribution in [0.2, 0.25) is 0 Å². The number of nitrogens with one attached hydrogen (secondary N) is 2. The van der Waals surface area contributed by atoms with Crippen LogP contribution in [-0.4, -0.2) is 50.7 Å². The highest BCUT2D eigenvalue weighted by molar-refractivity contribution is 8.00. The molecule has 0 radical (unpaired) electrons. The number of amides is 2. The Balaban J connectivity index is 1.55. The van der Waals surface area contributed by atoms with Gasteiger partial charge in [0.05, 0.1) is 18.8 Å². The molecule has 3 rings (SSSR count). The molecule has 0 saturated carbocycles. The molecule has 0 unspecified atom stereocenters. The Morgan fingerprint density at radius 1 is 1.33 bits per heavy atom. The summed E-state index contributed by atoms with van der Waals surface area (Å²) in [6, 6.07) is 5.43. The first-order valence-corrected chi connectivity index (χ1v) is 10.1. The number of carbonyl (C=O) groups excluding carboxylic acids is 1. The number of halogens is 3. The minimum atomic E-state index is -4.32. The number of aliphatic hydroxyl groups is 1. The highest BCUT2D eigenvalue weighted by atomic mass is 32.2. The lowest BCUT2D eigenvalue weighted by Gasteiger charge is -2.28. The first kappa shape index (κ1) is 22.2. The second-order valence-corrected chi connectivity index (χ2v) is 8.05. The number of aliphatic hydroxyl groups excluding tert-OH is 1. The van der Waals surface area contributed by atoms with Gasteiger partial charge in [-0.25, -0.2) is 14.8 Å². The lowest BCUT2D eigenvalue weighted by Crippen LogP contribution is -2.42. The third kappa shape index (κ3) is 6.23. The maximum absolute atomic E-state index is 12.5. The summed E-state index contributed by atoms with van der Waals surface area (Å²) < 4.78 is 37.2. The second kappa shape index (κ2) is 9.52. The molecule has 162 valence electrons. The van der Waals surface area contributed by atoms with Crippen molar-refractivity contribution in [1.82, 2.24) is 20.2 Å². The third-order valence-electron chi connectivity index (χ3n) is 4.48. The van der Waals surface area contributed by atoms with Gasteiger partial charge < -0.3 is 20.6 Å². The Bertz CT molecular complexity index is 879. The van der Waals surface area contributed by atoms with Crippen LogP contribution in [0.15, 0.2) is 35.4 Å². The number of aromatic nitrogens is 2. The van der Waals surface area contributed by atoms with E-state index in [-0.39, 0.29) is 41.9 Å². The molecule has 1 aromatic carbocycles. The Morgan fingerprint density at radius 2 is 2.07 bits per heavy atom. The van der Waals surface area contributed by atoms with Gasteiger partial charge >= 0.3 is 11.5 Å². The van der Waals surface area contributed by atoms with Crippen LogP contribution >= 0.6 is 11.8 Å². The predicted octanol–water partition coefficient (Wildman–Crippen LogP) is 3.15. The first-order valence-electron chi connectivity index (χ1n) is 9.33. The SMILES string of the molecule is C[C@@H](CO)Nc1ncc2c(n1)CN(C(=O)NCc1ccc(SC(F)(F)F)cc1)CC2. The summed E-state index contributed by atoms with van der Waals surface area (Å²) in [6.07, 6.45) is 2.35. The van der Waals surface area contributed by atoms with E-state index in [1.54, 1.807) is 30.2 Å². The van der Waals surface area contributed by atoms with E-state index in [1.165, 1.54) is 12.1 Å². The fraction of sp³-hybridized carbons (Fsp3) is 0.421. The number of fused-ring (bicyclic) bond motifs is 1. The van der Waals surface area contributed by atoms with Crippen LogP contribution in [-0.2, 0) is 19.5 Å². The van der Waals surface area contributed by atoms with E-state index in [0.29, 0.717) is 31.0 Å². The molecule has 30 heavy (non-hydrogen) atoms. The summed E-state index contributed by atoms with van der Waals surface area (Å²) in [4.78, 5) is 22.9. The summed E-state index contributed by atoms with van der Waals surface area (Å²) in [5.74, 6) is 0.398. The zero-order valence-corrected chi connectivity index (χ0v) is 17.1. The fourth-order valence-corrected chi connectivity index (χ4v) is 3.45. The van der Waals surface area contributed by atoms with Gasteiger partial charge in [-0.2, -0.15) is 13.2 Å². The molecule has 1 atom stereocenters. The van der Waals surface area contributed by atoms with Crippen LogP contribution in [0, 0.1) is 0 Å². The van der Waals surface area contributed by atoms with Gasteiger partial charge in [-0.05, 0) is 48.4 Å². The number of benzene rings is 1. The van der Waals surface area contributed by atoms with E-state index in [4.69, 9.17) is 5.11 Å². The van der Waals surface area contributed by atoms with Crippen molar-refractivity contribution in [3.8, 4) is 0 Å². The predicted molar refractivity (Wildman–Crippen MR) is 107 cm³/mol. The van der Waals surface area contributed by atoms with Crippen LogP contribution in [0.25, 0.3) is 0 Å². The number of anilines is 1. The van der Waals surface area contributed by atoms with E-state index < -0.39 is 5.51 Å². The van der Waals surface area contributed by atoms with Crippen molar-refractivity contribution >= 4 is 23.7 Å². The van der Waals surface area contributed by atoms with Crippen molar-refractivity contribution in [2.45, 2.75) is 42.9 Å². The highest BCUT2D eigenvalue weighted by Crippen LogP contribution is 2.36. The summed E-state index contributed by atoms with van der Waals surface area (Å²) in [7, 11) is 0. The molecular formula is C19H22F3N5O2S. The molecule has 1 aromatic heterocycles. The number of carbonyl (C=O) groups is 1. The Hall–Kier alpha value is -2.53. The summed E-state index contributed by atoms with van der Waals surface area (Å²) in [5.41, 5.74) is -1.90. The van der Waals surface area contributed by atoms with E-state index >= 15 is 0 Å². The standard InChI is InChI=1S/C19H22F3N5O2S/c1-12(11-28)25-17-23-9-14-6-7-27(10-16(14)26-17)18(29)24-8-13-2-4-15(5-3-13)30-19(20,21)22/h2-5,9,12,28H,6-8,10-11H2,1H3,(H,24,29)(H,23,25,26)/t12-/m0/s1. The average molecular weight is 441 g/mol. The molecule has 0 bridgehead atoms. The minimum Gasteiger partial charge on any atom is -0.394 e. The molecule has 0 aliphatic carbocycles. The molecule has 7 nitrogen and oxygen atoms in total. The number of rotatable bonds is 6. The molecule has 2 aromatic rings. The van der Waals surface area contributed by atoms with Crippen LogP contribution in [0.5, 0.6) is 0 Å². The summed E-state index contributed by atoms with van der Waals surface area (Å²) in [5, 5.41) is 14.9. The highest BCUT2D eigenvalue weighted by Gasteiger charge is 2.29. The fourth-order valence-electron chi connectivity index (χ4n) is 2.91. The van der Waals surface area contributed by atoms with E-state index in [1.807, 2.05) is 0 Å². The van der Waals surface area contributed by atoms with Crippen LogP contribution in [0.4, 0.5) is 23.9 Å². The summed E-state index contributed by atoms with van der Waals surface area (Å²) in [6.45, 7) is 2.81. The van der Waals surface area contributed by atoms with Crippen molar-refractivity contribution in [3.63, 3.8) is 0 Å². The van der Waals surface area contributed by atoms with Crippen molar-refractivity contribution < 1.29 is 23.1 Å². The lowest BCUT2D eigenvalue weighted by molar-refractivity contribution is -0.0328. The van der Waals surface area contributed by atoms with Gasteiger partial charge in [0.1, 0.15) is 0 Å². The first-order chi connectivity index (χ1) is 14.2. The molecule has 1 aliphatic rings. The molecule has 0 fully saturated rings. The molecule has 11 heteroatoms. The number of urea groups is 1. The quantitative estimate of drug-likeness (QED) is 0.597. The van der Waals surface area contributed by atoms with Crippen LogP contribution in [0.1, 0.15) is 23.7 Å². The Kier molecular flexibility index (Phi) is 7.03. The Morgan fingerprint density at radius 3 is 2.73 bits per heavy atom. The zero-order valence-electron chi connectivity index (χ0n) is 16.2. The maximum atomic E-state index is 12.5. The lowest BCUT2D eigenvalue weighted by atomic mass is 10.1. The smallest absolute Gasteiger partial charge is 0.394 e. The van der Waals surface area contributed by atoms with Gasteiger partial charge in [-0.15, -0.1) is 0 Å². The molecule has 1 aliphatic heterocycles. The topological polar surface area (TPSA) is 90.4 Å². The number of hydrogen-bond acceptors (Lipinski definition) is 6. The van der Waals surface area contributed by atoms with Crippen molar-refractivity contribution in [2.75, 3.05) is 18.5 Å². The normalized spacial score (nSPS) is 14.8. The zero-order chi connectivity index (χ0) is 21.7. The number of nitrogens with zero attached hydrogens (tertiary/aromatic N) is 3. The molecule has 3 N–H and O–H groups in total. The molecule has 2 amide bonds. The van der Waals surface area contributed by atoms with Crippen molar-refractivity contribution in [3.05, 3.63) is 47.3 Å². The molecule has 2 heterocycles. The van der Waals surface area contributed by atoms with Crippen molar-refractivity contribution in [1.29, 1.82) is 0 Å². The number of thioether (sulfide) groups is 1. The van der Waals surface area contributed by atoms with E-state index in [0.717, 1.165) is 11.3 Å². The van der Waals surface area contributed by atoms with Gasteiger partial charge in [-0.3, -0.25) is 0 Å². The van der Waals surface area contributed by atoms with Crippen molar-refractivity contribution in [2.24, 2.45) is 0 Å². The second-order valence-electron chi connectivity index (χ2n) is 6.92. The maximum Gasteiger partial charge on any atom is 0.446 e. The number of hydrogen-bond donors (Lipinski definition) is 3. The monoisotopic (exact) mass is 441 g/mol. The minimum absolute atomic E-state index is 0.0507. The molecular weight excluding hydrogens is 419 g/mol. The van der Waals surface area contributed by atoms with Gasteiger partial charge in [0, 0.05) is 30.2 Å². The van der Waals surface area contributed by atoms with E-state index in [2.05, 4.69) is 20.6 Å². The van der Waals surface area contributed by atoms with Gasteiger partial charge in [0.25, 0.3) is 0 Å². The Labute approximate surface area is 176 Å². The third-order valence-corrected chi connectivity index (χ3v) is 5.22. The molecule has 0 saturated heterocycles. The average Bonchev–Trinajstić information content (AvgIpc) is 2.71. The van der Waals surface area contributed by atoms with Gasteiger partial charge in [0.2, 0.25) is 5.95 Å². The van der Waals surface area contributed by atoms with Crippen LogP contribution < -0.4 is 10.6 Å². The molecule has 0 spiro atoms. The largest absolute Gasteiger partial charge is 0.446 e. The summed E-state index contributed by atoms with van der Waals surface area (Å²) >= 11 is -0.171. The number of alkyl halides is 3.